The van der Waals surface area contributed by atoms with Gasteiger partial charge in [-0.1, -0.05) is 0 Å². The molecule has 0 aliphatic carbocycles. The van der Waals surface area contributed by atoms with Crippen molar-refractivity contribution in [3.05, 3.63) is 23.5 Å². The Morgan fingerprint density at radius 2 is 2.21 bits per heavy atom. The van der Waals surface area contributed by atoms with Gasteiger partial charge in [0, 0.05) is 5.56 Å². The van der Waals surface area contributed by atoms with Crippen molar-refractivity contribution in [1.82, 2.24) is 0 Å². The van der Waals surface area contributed by atoms with Crippen molar-refractivity contribution in [3.63, 3.8) is 0 Å². The molecule has 0 aliphatic heterocycles. The summed E-state index contributed by atoms with van der Waals surface area (Å²) in [5.74, 6) is 0.0909. The molecule has 0 heterocycles. The number of hydrogen-bond acceptors (Lipinski definition) is 2. The number of anilines is 1. The maximum Gasteiger partial charge on any atom is 0.168 e. The largest absolute Gasteiger partial charge is 0.494 e. The number of thiocarbonyl (C=S) groups is 1. The van der Waals surface area contributed by atoms with Crippen molar-refractivity contribution >= 4 is 23.0 Å². The predicted octanol–water partition coefficient (Wildman–Crippen LogP) is 1.80. The van der Waals surface area contributed by atoms with Crippen molar-refractivity contribution in [2.75, 3.05) is 12.4 Å². The molecule has 0 amide bonds. The van der Waals surface area contributed by atoms with Crippen LogP contribution < -0.4 is 15.8 Å². The van der Waals surface area contributed by atoms with Gasteiger partial charge in [-0.15, -0.1) is 0 Å². The molecule has 1 aromatic rings. The molecule has 0 aromatic heterocycles. The summed E-state index contributed by atoms with van der Waals surface area (Å²) in [7, 11) is 1.46. The molecular formula is C9H11FN2OS. The predicted molar refractivity (Wildman–Crippen MR) is 58.1 cm³/mol. The van der Waals surface area contributed by atoms with Crippen LogP contribution in [-0.2, 0) is 0 Å². The van der Waals surface area contributed by atoms with E-state index in [1.54, 1.807) is 6.92 Å². The van der Waals surface area contributed by atoms with E-state index in [4.69, 9.17) is 10.5 Å². The highest BCUT2D eigenvalue weighted by Gasteiger charge is 2.10. The van der Waals surface area contributed by atoms with Gasteiger partial charge in [0.15, 0.2) is 5.11 Å². The van der Waals surface area contributed by atoms with Crippen LogP contribution in [0, 0.1) is 12.7 Å². The van der Waals surface area contributed by atoms with Crippen molar-refractivity contribution < 1.29 is 9.13 Å². The lowest BCUT2D eigenvalue weighted by Crippen LogP contribution is -2.19. The summed E-state index contributed by atoms with van der Waals surface area (Å²) in [6.07, 6.45) is 0. The SMILES string of the molecule is COc1c(NC(N)=S)ccc(F)c1C. The van der Waals surface area contributed by atoms with Crippen LogP contribution in [0.5, 0.6) is 5.75 Å². The van der Waals surface area contributed by atoms with Crippen molar-refractivity contribution in [1.29, 1.82) is 0 Å². The van der Waals surface area contributed by atoms with Gasteiger partial charge in [-0.25, -0.2) is 4.39 Å². The lowest BCUT2D eigenvalue weighted by Gasteiger charge is -2.12. The minimum absolute atomic E-state index is 0.120. The molecule has 3 N–H and O–H groups in total. The summed E-state index contributed by atoms with van der Waals surface area (Å²) in [6.45, 7) is 1.62. The molecule has 14 heavy (non-hydrogen) atoms. The summed E-state index contributed by atoms with van der Waals surface area (Å²) < 4.78 is 18.2. The minimum atomic E-state index is -0.324. The molecular weight excluding hydrogens is 203 g/mol. The van der Waals surface area contributed by atoms with Gasteiger partial charge in [0.2, 0.25) is 0 Å². The molecule has 0 radical (unpaired) electrons. The second kappa shape index (κ2) is 4.23. The Morgan fingerprint density at radius 1 is 1.57 bits per heavy atom. The second-order valence-corrected chi connectivity index (χ2v) is 3.18. The normalized spacial score (nSPS) is 9.64. The van der Waals surface area contributed by atoms with Gasteiger partial charge < -0.3 is 15.8 Å². The number of rotatable bonds is 2. The summed E-state index contributed by atoms with van der Waals surface area (Å²) in [5, 5.41) is 2.83. The maximum atomic E-state index is 13.1. The van der Waals surface area contributed by atoms with E-state index in [1.807, 2.05) is 0 Å². The fourth-order valence-electron chi connectivity index (χ4n) is 1.16. The second-order valence-electron chi connectivity index (χ2n) is 2.74. The van der Waals surface area contributed by atoms with E-state index in [9.17, 15) is 4.39 Å². The Kier molecular flexibility index (Phi) is 3.24. The Morgan fingerprint density at radius 3 is 2.71 bits per heavy atom. The van der Waals surface area contributed by atoms with Gasteiger partial charge >= 0.3 is 0 Å². The summed E-state index contributed by atoms with van der Waals surface area (Å²) in [4.78, 5) is 0. The summed E-state index contributed by atoms with van der Waals surface area (Å²) in [5.41, 5.74) is 6.30. The molecule has 0 aliphatic rings. The number of hydrogen-bond donors (Lipinski definition) is 2. The van der Waals surface area contributed by atoms with E-state index < -0.39 is 0 Å². The van der Waals surface area contributed by atoms with Crippen LogP contribution in [0.1, 0.15) is 5.56 Å². The van der Waals surface area contributed by atoms with E-state index in [-0.39, 0.29) is 10.9 Å². The third-order valence-electron chi connectivity index (χ3n) is 1.80. The van der Waals surface area contributed by atoms with E-state index in [1.165, 1.54) is 19.2 Å². The van der Waals surface area contributed by atoms with Crippen LogP contribution in [-0.4, -0.2) is 12.2 Å². The van der Waals surface area contributed by atoms with Crippen molar-refractivity contribution in [2.24, 2.45) is 5.73 Å². The Hall–Kier alpha value is -1.36. The smallest absolute Gasteiger partial charge is 0.168 e. The zero-order chi connectivity index (χ0) is 10.7. The molecule has 0 saturated heterocycles. The highest BCUT2D eigenvalue weighted by molar-refractivity contribution is 7.80. The average Bonchev–Trinajstić information content (AvgIpc) is 2.11. The van der Waals surface area contributed by atoms with Crippen LogP contribution >= 0.6 is 12.2 Å². The summed E-state index contributed by atoms with van der Waals surface area (Å²) >= 11 is 4.68. The third-order valence-corrected chi connectivity index (χ3v) is 1.90. The lowest BCUT2D eigenvalue weighted by molar-refractivity contribution is 0.409. The standard InChI is InChI=1S/C9H11FN2OS/c1-5-6(10)3-4-7(8(5)13-2)12-9(11)14/h3-4H,1-2H3,(H3,11,12,14). The van der Waals surface area contributed by atoms with Crippen LogP contribution in [0.15, 0.2) is 12.1 Å². The Bertz CT molecular complexity index is 368. The third kappa shape index (κ3) is 2.11. The van der Waals surface area contributed by atoms with Crippen molar-refractivity contribution in [3.8, 4) is 5.75 Å². The van der Waals surface area contributed by atoms with Gasteiger partial charge in [0.1, 0.15) is 11.6 Å². The summed E-state index contributed by atoms with van der Waals surface area (Å²) in [6, 6.07) is 2.86. The molecule has 0 atom stereocenters. The number of nitrogens with one attached hydrogen (secondary N) is 1. The Labute approximate surface area is 87.1 Å². The zero-order valence-electron chi connectivity index (χ0n) is 7.93. The molecule has 3 nitrogen and oxygen atoms in total. The van der Waals surface area contributed by atoms with Crippen molar-refractivity contribution in [2.45, 2.75) is 6.92 Å². The minimum Gasteiger partial charge on any atom is -0.494 e. The topological polar surface area (TPSA) is 47.3 Å². The number of methoxy groups -OCH3 is 1. The maximum absolute atomic E-state index is 13.1. The monoisotopic (exact) mass is 214 g/mol. The van der Waals surface area contributed by atoms with Crippen LogP contribution in [0.4, 0.5) is 10.1 Å². The highest BCUT2D eigenvalue weighted by Crippen LogP contribution is 2.29. The molecule has 5 heteroatoms. The molecule has 1 rings (SSSR count). The van der Waals surface area contributed by atoms with E-state index in [0.29, 0.717) is 17.0 Å². The van der Waals surface area contributed by atoms with Gasteiger partial charge in [-0.2, -0.15) is 0 Å². The van der Waals surface area contributed by atoms with Crippen LogP contribution in [0.3, 0.4) is 0 Å². The molecule has 0 unspecified atom stereocenters. The van der Waals surface area contributed by atoms with Gasteiger partial charge in [0.25, 0.3) is 0 Å². The number of halogens is 1. The van der Waals surface area contributed by atoms with E-state index in [2.05, 4.69) is 17.5 Å². The molecule has 0 saturated carbocycles. The number of ether oxygens (including phenoxy) is 1. The van der Waals surface area contributed by atoms with Gasteiger partial charge in [-0.05, 0) is 31.3 Å². The first kappa shape index (κ1) is 10.7. The molecule has 1 aromatic carbocycles. The number of benzene rings is 1. The van der Waals surface area contributed by atoms with E-state index >= 15 is 0 Å². The fourth-order valence-corrected chi connectivity index (χ4v) is 1.27. The first-order chi connectivity index (χ1) is 6.56. The van der Waals surface area contributed by atoms with Crippen LogP contribution in [0.25, 0.3) is 0 Å². The molecule has 0 bridgehead atoms. The van der Waals surface area contributed by atoms with Crippen LogP contribution in [0.2, 0.25) is 0 Å². The fraction of sp³-hybridized carbons (Fsp3) is 0.222. The first-order valence-electron chi connectivity index (χ1n) is 3.95. The first-order valence-corrected chi connectivity index (χ1v) is 4.36. The quantitative estimate of drug-likeness (QED) is 0.737. The molecule has 76 valence electrons. The van der Waals surface area contributed by atoms with Gasteiger partial charge in [0.05, 0.1) is 12.8 Å². The van der Waals surface area contributed by atoms with Gasteiger partial charge in [-0.3, -0.25) is 0 Å². The Balaban J connectivity index is 3.17. The lowest BCUT2D eigenvalue weighted by atomic mass is 10.2. The van der Waals surface area contributed by atoms with E-state index in [0.717, 1.165) is 0 Å². The molecule has 0 spiro atoms. The molecule has 0 fully saturated rings. The number of nitrogens with two attached hydrogens (primary N) is 1. The highest BCUT2D eigenvalue weighted by atomic mass is 32.1. The zero-order valence-corrected chi connectivity index (χ0v) is 8.74. The average molecular weight is 214 g/mol.